The number of hydrogen-bond donors (Lipinski definition) is 2. The predicted octanol–water partition coefficient (Wildman–Crippen LogP) is 0.709. The summed E-state index contributed by atoms with van der Waals surface area (Å²) >= 11 is 0. The molecule has 2 N–H and O–H groups in total. The largest absolute Gasteiger partial charge is 0.477 e. The lowest BCUT2D eigenvalue weighted by Crippen LogP contribution is -2.20. The topological polar surface area (TPSA) is 88.8 Å². The highest BCUT2D eigenvalue weighted by molar-refractivity contribution is 5.92. The van der Waals surface area contributed by atoms with Gasteiger partial charge in [0.2, 0.25) is 5.43 Å². The second-order valence-corrected chi connectivity index (χ2v) is 4.22. The molecule has 20 heavy (non-hydrogen) atoms. The van der Waals surface area contributed by atoms with Crippen LogP contribution in [0, 0.1) is 0 Å². The number of pyridine rings is 1. The van der Waals surface area contributed by atoms with Crippen LogP contribution < -0.4 is 5.43 Å². The zero-order valence-corrected chi connectivity index (χ0v) is 10.8. The van der Waals surface area contributed by atoms with Crippen molar-refractivity contribution in [3.05, 3.63) is 46.2 Å². The molecule has 1 aromatic heterocycles. The third-order valence-corrected chi connectivity index (χ3v) is 2.93. The van der Waals surface area contributed by atoms with Crippen molar-refractivity contribution in [1.29, 1.82) is 0 Å². The van der Waals surface area contributed by atoms with E-state index in [1.807, 2.05) is 0 Å². The van der Waals surface area contributed by atoms with E-state index in [0.29, 0.717) is 24.1 Å². The molecule has 0 saturated heterocycles. The number of fused-ring (bicyclic) bond motifs is 1. The number of aromatic nitrogens is 1. The molecule has 0 bridgehead atoms. The third-order valence-electron chi connectivity index (χ3n) is 2.93. The molecular formula is C14H15NO5. The molecular weight excluding hydrogens is 262 g/mol. The van der Waals surface area contributed by atoms with Gasteiger partial charge in [-0.3, -0.25) is 4.79 Å². The first-order chi connectivity index (χ1) is 9.65. The van der Waals surface area contributed by atoms with E-state index >= 15 is 0 Å². The molecule has 2 aromatic rings. The number of nitrogens with zero attached hydrogens (tertiary/aromatic N) is 1. The number of carboxylic acids is 1. The van der Waals surface area contributed by atoms with Gasteiger partial charge in [0.05, 0.1) is 25.3 Å². The van der Waals surface area contributed by atoms with Gasteiger partial charge in [-0.2, -0.15) is 0 Å². The van der Waals surface area contributed by atoms with Crippen molar-refractivity contribution in [2.75, 3.05) is 19.8 Å². The fourth-order valence-electron chi connectivity index (χ4n) is 2.01. The van der Waals surface area contributed by atoms with Crippen LogP contribution in [0.15, 0.2) is 35.3 Å². The number of rotatable bonds is 6. The monoisotopic (exact) mass is 277 g/mol. The summed E-state index contributed by atoms with van der Waals surface area (Å²) in [4.78, 5) is 23.2. The Kier molecular flexibility index (Phi) is 4.49. The van der Waals surface area contributed by atoms with Crippen LogP contribution in [-0.2, 0) is 11.3 Å². The Balaban J connectivity index is 2.44. The normalized spacial score (nSPS) is 10.8. The molecule has 1 heterocycles. The van der Waals surface area contributed by atoms with Crippen LogP contribution in [0.4, 0.5) is 0 Å². The van der Waals surface area contributed by atoms with E-state index < -0.39 is 11.4 Å². The van der Waals surface area contributed by atoms with E-state index in [-0.39, 0.29) is 18.8 Å². The third kappa shape index (κ3) is 2.87. The second-order valence-electron chi connectivity index (χ2n) is 4.22. The number of carboxylic acid groups (broad SMARTS) is 1. The Morgan fingerprint density at radius 3 is 2.70 bits per heavy atom. The van der Waals surface area contributed by atoms with Gasteiger partial charge in [0, 0.05) is 18.1 Å². The lowest BCUT2D eigenvalue weighted by Gasteiger charge is -2.12. The molecule has 6 nitrogen and oxygen atoms in total. The first kappa shape index (κ1) is 14.2. The van der Waals surface area contributed by atoms with Crippen molar-refractivity contribution >= 4 is 16.9 Å². The van der Waals surface area contributed by atoms with Crippen molar-refractivity contribution < 1.29 is 19.7 Å². The summed E-state index contributed by atoms with van der Waals surface area (Å²) in [7, 11) is 0. The van der Waals surface area contributed by atoms with E-state index in [2.05, 4.69) is 0 Å². The number of aromatic carboxylic acids is 1. The Bertz CT molecular complexity index is 677. The molecule has 0 aliphatic carbocycles. The lowest BCUT2D eigenvalue weighted by atomic mass is 10.1. The van der Waals surface area contributed by atoms with E-state index in [1.54, 1.807) is 28.8 Å². The maximum Gasteiger partial charge on any atom is 0.341 e. The quantitative estimate of drug-likeness (QED) is 0.759. The van der Waals surface area contributed by atoms with Crippen molar-refractivity contribution in [3.63, 3.8) is 0 Å². The molecule has 2 rings (SSSR count). The van der Waals surface area contributed by atoms with Crippen LogP contribution in [0.1, 0.15) is 10.4 Å². The van der Waals surface area contributed by atoms with Gasteiger partial charge in [-0.15, -0.1) is 0 Å². The molecule has 0 fully saturated rings. The number of benzene rings is 1. The number of aliphatic hydroxyl groups is 1. The minimum atomic E-state index is -1.24. The molecule has 0 radical (unpaired) electrons. The van der Waals surface area contributed by atoms with Crippen molar-refractivity contribution in [1.82, 2.24) is 4.57 Å². The van der Waals surface area contributed by atoms with Gasteiger partial charge in [0.15, 0.2) is 0 Å². The summed E-state index contributed by atoms with van der Waals surface area (Å²) < 4.78 is 6.85. The fourth-order valence-corrected chi connectivity index (χ4v) is 2.01. The molecule has 1 aromatic carbocycles. The molecule has 0 unspecified atom stereocenters. The van der Waals surface area contributed by atoms with Gasteiger partial charge in [-0.1, -0.05) is 12.1 Å². The van der Waals surface area contributed by atoms with Gasteiger partial charge in [-0.25, -0.2) is 4.79 Å². The van der Waals surface area contributed by atoms with Crippen molar-refractivity contribution in [2.45, 2.75) is 6.54 Å². The molecule has 6 heteroatoms. The minimum absolute atomic E-state index is 0.0642. The number of ether oxygens (including phenoxy) is 1. The first-order valence-corrected chi connectivity index (χ1v) is 6.19. The smallest absolute Gasteiger partial charge is 0.341 e. The van der Waals surface area contributed by atoms with Gasteiger partial charge < -0.3 is 19.5 Å². The second kappa shape index (κ2) is 6.31. The molecule has 0 atom stereocenters. The fraction of sp³-hybridized carbons (Fsp3) is 0.286. The van der Waals surface area contributed by atoms with Gasteiger partial charge in [-0.05, 0) is 12.1 Å². The average Bonchev–Trinajstić information content (AvgIpc) is 2.45. The van der Waals surface area contributed by atoms with Crippen molar-refractivity contribution in [3.8, 4) is 0 Å². The highest BCUT2D eigenvalue weighted by atomic mass is 16.5. The van der Waals surface area contributed by atoms with Crippen LogP contribution >= 0.6 is 0 Å². The van der Waals surface area contributed by atoms with Crippen LogP contribution in [0.2, 0.25) is 0 Å². The maximum atomic E-state index is 12.0. The van der Waals surface area contributed by atoms with Gasteiger partial charge >= 0.3 is 5.97 Å². The van der Waals surface area contributed by atoms with E-state index in [9.17, 15) is 9.59 Å². The standard InChI is InChI=1S/C14H15NO5/c16-6-8-20-7-5-15-9-11(14(18)19)13(17)10-3-1-2-4-12(10)15/h1-4,9,16H,5-8H2,(H,18,19). The van der Waals surface area contributed by atoms with E-state index in [1.165, 1.54) is 6.20 Å². The van der Waals surface area contributed by atoms with Gasteiger partial charge in [0.1, 0.15) is 5.56 Å². The summed E-state index contributed by atoms with van der Waals surface area (Å²) in [5, 5.41) is 18.1. The predicted molar refractivity (Wildman–Crippen MR) is 73.1 cm³/mol. The van der Waals surface area contributed by atoms with Crippen LogP contribution in [0.25, 0.3) is 10.9 Å². The Hall–Kier alpha value is -2.18. The number of carbonyl (C=O) groups is 1. The SMILES string of the molecule is O=C(O)c1cn(CCOCCO)c2ccccc2c1=O. The Labute approximate surface area is 114 Å². The molecule has 0 aliphatic rings. The Morgan fingerprint density at radius 2 is 2.00 bits per heavy atom. The average molecular weight is 277 g/mol. The molecule has 0 aliphatic heterocycles. The van der Waals surface area contributed by atoms with E-state index in [4.69, 9.17) is 14.9 Å². The van der Waals surface area contributed by atoms with E-state index in [0.717, 1.165) is 0 Å². The minimum Gasteiger partial charge on any atom is -0.477 e. The van der Waals surface area contributed by atoms with Crippen LogP contribution in [0.5, 0.6) is 0 Å². The number of para-hydroxylation sites is 1. The summed E-state index contributed by atoms with van der Waals surface area (Å²) in [6.07, 6.45) is 1.33. The number of hydrogen-bond acceptors (Lipinski definition) is 4. The first-order valence-electron chi connectivity index (χ1n) is 6.19. The summed E-state index contributed by atoms with van der Waals surface area (Å²) in [5.41, 5.74) is -0.0819. The zero-order valence-electron chi connectivity index (χ0n) is 10.8. The van der Waals surface area contributed by atoms with Crippen LogP contribution in [-0.4, -0.2) is 40.6 Å². The Morgan fingerprint density at radius 1 is 1.25 bits per heavy atom. The molecule has 106 valence electrons. The summed E-state index contributed by atoms with van der Waals surface area (Å²) in [6.45, 7) is 0.892. The van der Waals surface area contributed by atoms with Crippen molar-refractivity contribution in [2.24, 2.45) is 0 Å². The van der Waals surface area contributed by atoms with Crippen LogP contribution in [0.3, 0.4) is 0 Å². The highest BCUT2D eigenvalue weighted by Gasteiger charge is 2.13. The molecule has 0 saturated carbocycles. The summed E-state index contributed by atoms with van der Waals surface area (Å²) in [5.74, 6) is -1.24. The molecule has 0 spiro atoms. The number of aliphatic hydroxyl groups excluding tert-OH is 1. The summed E-state index contributed by atoms with van der Waals surface area (Å²) in [6, 6.07) is 6.85. The highest BCUT2D eigenvalue weighted by Crippen LogP contribution is 2.11. The molecule has 0 amide bonds. The maximum absolute atomic E-state index is 12.0. The lowest BCUT2D eigenvalue weighted by molar-refractivity contribution is 0.0693. The van der Waals surface area contributed by atoms with Gasteiger partial charge in [0.25, 0.3) is 0 Å². The zero-order chi connectivity index (χ0) is 14.5.